The van der Waals surface area contributed by atoms with Crippen LogP contribution in [-0.4, -0.2) is 16.2 Å². The van der Waals surface area contributed by atoms with Gasteiger partial charge >= 0.3 is 0 Å². The van der Waals surface area contributed by atoms with Gasteiger partial charge in [0.1, 0.15) is 12.5 Å². The second-order valence-corrected chi connectivity index (χ2v) is 1.86. The highest BCUT2D eigenvalue weighted by Gasteiger charge is 1.92. The first-order valence-corrected chi connectivity index (χ1v) is 2.88. The van der Waals surface area contributed by atoms with Crippen molar-refractivity contribution in [2.24, 2.45) is 0 Å². The van der Waals surface area contributed by atoms with E-state index in [9.17, 15) is 4.39 Å². The highest BCUT2D eigenvalue weighted by atomic mass is 19.1. The highest BCUT2D eigenvalue weighted by molar-refractivity contribution is 4.87. The van der Waals surface area contributed by atoms with E-state index in [1.54, 1.807) is 17.0 Å². The lowest BCUT2D eigenvalue weighted by atomic mass is 10.6. The number of imidazole rings is 1. The van der Waals surface area contributed by atoms with Crippen LogP contribution in [0.1, 0.15) is 5.82 Å². The van der Waals surface area contributed by atoms with Crippen LogP contribution in [0.25, 0.3) is 0 Å². The van der Waals surface area contributed by atoms with Crippen molar-refractivity contribution in [1.29, 1.82) is 0 Å². The quantitative estimate of drug-likeness (QED) is 0.584. The number of aryl methyl sites for hydroxylation is 2. The minimum Gasteiger partial charge on any atom is -0.333 e. The molecule has 1 rings (SSSR count). The van der Waals surface area contributed by atoms with Crippen molar-refractivity contribution in [2.45, 2.75) is 13.5 Å². The van der Waals surface area contributed by atoms with Crippen LogP contribution in [-0.2, 0) is 6.54 Å². The summed E-state index contributed by atoms with van der Waals surface area (Å²) in [7, 11) is 0. The summed E-state index contributed by atoms with van der Waals surface area (Å²) < 4.78 is 13.5. The lowest BCUT2D eigenvalue weighted by Crippen LogP contribution is -1.99. The van der Waals surface area contributed by atoms with Crippen molar-refractivity contribution >= 4 is 0 Å². The maximum Gasteiger partial charge on any atom is 0.107 e. The Hall–Kier alpha value is -0.860. The molecule has 0 saturated heterocycles. The second-order valence-electron chi connectivity index (χ2n) is 1.86. The summed E-state index contributed by atoms with van der Waals surface area (Å²) in [5.41, 5.74) is 0. The molecule has 0 aromatic carbocycles. The Morgan fingerprint density at radius 1 is 1.78 bits per heavy atom. The Labute approximate surface area is 53.3 Å². The third-order valence-corrected chi connectivity index (χ3v) is 1.25. The molecule has 0 spiro atoms. The van der Waals surface area contributed by atoms with Gasteiger partial charge in [-0.3, -0.25) is 0 Å². The molecule has 3 heteroatoms. The molecule has 0 atom stereocenters. The Morgan fingerprint density at radius 2 is 2.56 bits per heavy atom. The van der Waals surface area contributed by atoms with Crippen molar-refractivity contribution in [2.75, 3.05) is 6.67 Å². The third kappa shape index (κ3) is 1.28. The molecular weight excluding hydrogens is 119 g/mol. The fourth-order valence-electron chi connectivity index (χ4n) is 0.731. The molecule has 1 aromatic rings. The first kappa shape index (κ1) is 6.26. The smallest absolute Gasteiger partial charge is 0.107 e. The molecule has 9 heavy (non-hydrogen) atoms. The van der Waals surface area contributed by atoms with Crippen molar-refractivity contribution < 1.29 is 4.39 Å². The molecule has 1 heterocycles. The Kier molecular flexibility index (Phi) is 1.82. The number of halogens is 1. The van der Waals surface area contributed by atoms with Crippen LogP contribution in [0.4, 0.5) is 4.39 Å². The molecular formula is C6H9FN2. The summed E-state index contributed by atoms with van der Waals surface area (Å²) >= 11 is 0. The van der Waals surface area contributed by atoms with Crippen LogP contribution in [0, 0.1) is 6.92 Å². The van der Waals surface area contributed by atoms with Crippen molar-refractivity contribution in [3.8, 4) is 0 Å². The molecule has 0 fully saturated rings. The zero-order chi connectivity index (χ0) is 6.69. The van der Waals surface area contributed by atoms with Gasteiger partial charge in [0.15, 0.2) is 0 Å². The first-order chi connectivity index (χ1) is 4.34. The molecule has 0 aliphatic rings. The molecule has 2 nitrogen and oxygen atoms in total. The number of hydrogen-bond acceptors (Lipinski definition) is 1. The molecule has 0 unspecified atom stereocenters. The minimum absolute atomic E-state index is 0.322. The van der Waals surface area contributed by atoms with Gasteiger partial charge in [-0.2, -0.15) is 0 Å². The molecule has 0 aliphatic carbocycles. The lowest BCUT2D eigenvalue weighted by molar-refractivity contribution is 0.442. The van der Waals surface area contributed by atoms with E-state index < -0.39 is 0 Å². The summed E-state index contributed by atoms with van der Waals surface area (Å²) in [4.78, 5) is 3.93. The lowest BCUT2D eigenvalue weighted by Gasteiger charge is -1.97. The normalized spacial score (nSPS) is 10.0. The van der Waals surface area contributed by atoms with E-state index in [1.165, 1.54) is 0 Å². The molecule has 0 bridgehead atoms. The van der Waals surface area contributed by atoms with Gasteiger partial charge in [-0.25, -0.2) is 9.37 Å². The van der Waals surface area contributed by atoms with Crippen LogP contribution in [0.15, 0.2) is 12.4 Å². The summed E-state index contributed by atoms with van der Waals surface area (Å²) in [5.74, 6) is 0.868. The van der Waals surface area contributed by atoms with E-state index in [4.69, 9.17) is 0 Å². The van der Waals surface area contributed by atoms with Gasteiger partial charge in [0.05, 0.1) is 6.54 Å². The summed E-state index contributed by atoms with van der Waals surface area (Å²) in [6.07, 6.45) is 3.44. The van der Waals surface area contributed by atoms with Gasteiger partial charge in [0, 0.05) is 12.4 Å². The Bertz CT molecular complexity index is 183. The molecule has 0 saturated carbocycles. The van der Waals surface area contributed by atoms with Gasteiger partial charge in [-0.1, -0.05) is 0 Å². The van der Waals surface area contributed by atoms with Gasteiger partial charge in [0.25, 0.3) is 0 Å². The van der Waals surface area contributed by atoms with Crippen LogP contribution in [0.3, 0.4) is 0 Å². The largest absolute Gasteiger partial charge is 0.333 e. The summed E-state index contributed by atoms with van der Waals surface area (Å²) in [6, 6.07) is 0. The standard InChI is InChI=1S/C6H9FN2/c1-6-8-3-5-9(6)4-2-7/h3,5H,2,4H2,1H3. The maximum atomic E-state index is 11.7. The Morgan fingerprint density at radius 3 is 3.00 bits per heavy atom. The number of rotatable bonds is 2. The molecule has 0 radical (unpaired) electrons. The van der Waals surface area contributed by atoms with E-state index in [0.717, 1.165) is 5.82 Å². The highest BCUT2D eigenvalue weighted by Crippen LogP contribution is 1.93. The van der Waals surface area contributed by atoms with Crippen molar-refractivity contribution in [3.05, 3.63) is 18.2 Å². The molecule has 0 aliphatic heterocycles. The van der Waals surface area contributed by atoms with E-state index in [-0.39, 0.29) is 6.67 Å². The monoisotopic (exact) mass is 128 g/mol. The fourth-order valence-corrected chi connectivity index (χ4v) is 0.731. The van der Waals surface area contributed by atoms with Crippen molar-refractivity contribution in [1.82, 2.24) is 9.55 Å². The predicted octanol–water partition coefficient (Wildman–Crippen LogP) is 1.16. The molecule has 0 N–H and O–H groups in total. The van der Waals surface area contributed by atoms with Crippen LogP contribution >= 0.6 is 0 Å². The predicted molar refractivity (Wildman–Crippen MR) is 32.9 cm³/mol. The van der Waals surface area contributed by atoms with Crippen LogP contribution in [0.2, 0.25) is 0 Å². The number of alkyl halides is 1. The van der Waals surface area contributed by atoms with Gasteiger partial charge in [0.2, 0.25) is 0 Å². The molecule has 0 amide bonds. The molecule has 50 valence electrons. The topological polar surface area (TPSA) is 17.8 Å². The zero-order valence-corrected chi connectivity index (χ0v) is 5.34. The van der Waals surface area contributed by atoms with Crippen LogP contribution in [0.5, 0.6) is 0 Å². The van der Waals surface area contributed by atoms with E-state index in [0.29, 0.717) is 6.54 Å². The molecule has 1 aromatic heterocycles. The van der Waals surface area contributed by atoms with Gasteiger partial charge < -0.3 is 4.57 Å². The zero-order valence-electron chi connectivity index (χ0n) is 5.34. The van der Waals surface area contributed by atoms with Gasteiger partial charge in [-0.05, 0) is 6.92 Å². The SMILES string of the molecule is Cc1nccn1CCF. The van der Waals surface area contributed by atoms with E-state index in [2.05, 4.69) is 4.98 Å². The fraction of sp³-hybridized carbons (Fsp3) is 0.500. The number of hydrogen-bond donors (Lipinski definition) is 0. The van der Waals surface area contributed by atoms with Crippen LogP contribution < -0.4 is 0 Å². The van der Waals surface area contributed by atoms with Crippen molar-refractivity contribution in [3.63, 3.8) is 0 Å². The first-order valence-electron chi connectivity index (χ1n) is 2.88. The van der Waals surface area contributed by atoms with E-state index >= 15 is 0 Å². The maximum absolute atomic E-state index is 11.7. The minimum atomic E-state index is -0.322. The second kappa shape index (κ2) is 2.62. The van der Waals surface area contributed by atoms with E-state index in [1.807, 2.05) is 6.92 Å². The third-order valence-electron chi connectivity index (χ3n) is 1.25. The Balaban J connectivity index is 2.69. The average Bonchev–Trinajstić information content (AvgIpc) is 2.18. The average molecular weight is 128 g/mol. The van der Waals surface area contributed by atoms with Gasteiger partial charge in [-0.15, -0.1) is 0 Å². The number of nitrogens with zero attached hydrogens (tertiary/aromatic N) is 2. The number of aromatic nitrogens is 2. The summed E-state index contributed by atoms with van der Waals surface area (Å²) in [5, 5.41) is 0. The summed E-state index contributed by atoms with van der Waals surface area (Å²) in [6.45, 7) is 1.96.